The Bertz CT molecular complexity index is 463. The first kappa shape index (κ1) is 10.2. The van der Waals surface area contributed by atoms with E-state index in [0.29, 0.717) is 10.7 Å². The highest BCUT2D eigenvalue weighted by Crippen LogP contribution is 2.20. The predicted molar refractivity (Wildman–Crippen MR) is 59.4 cm³/mol. The average molecular weight is 224 g/mol. The van der Waals surface area contributed by atoms with Gasteiger partial charge in [-0.2, -0.15) is 0 Å². The lowest BCUT2D eigenvalue weighted by Gasteiger charge is -2.20. The Morgan fingerprint density at radius 1 is 1.40 bits per heavy atom. The number of fused-ring (bicyclic) bond motifs is 1. The second-order valence-electron chi connectivity index (χ2n) is 3.05. The number of thiol groups is 1. The van der Waals surface area contributed by atoms with Crippen molar-refractivity contribution in [3.8, 4) is 0 Å². The lowest BCUT2D eigenvalue weighted by atomic mass is 10.3. The van der Waals surface area contributed by atoms with Crippen LogP contribution in [0.15, 0.2) is 11.1 Å². The highest BCUT2D eigenvalue weighted by molar-refractivity contribution is 7.80. The van der Waals surface area contributed by atoms with Gasteiger partial charge in [0.2, 0.25) is 5.65 Å². The summed E-state index contributed by atoms with van der Waals surface area (Å²) >= 11 is 4.22. The van der Waals surface area contributed by atoms with Crippen LogP contribution in [0, 0.1) is 0 Å². The van der Waals surface area contributed by atoms with Crippen molar-refractivity contribution < 1.29 is 0 Å². The molecule has 0 unspecified atom stereocenters. The summed E-state index contributed by atoms with van der Waals surface area (Å²) in [7, 11) is 0. The molecule has 7 heteroatoms. The molecule has 15 heavy (non-hydrogen) atoms. The van der Waals surface area contributed by atoms with E-state index in [1.54, 1.807) is 0 Å². The predicted octanol–water partition coefficient (Wildman–Crippen LogP) is 0.654. The molecule has 0 saturated carbocycles. The van der Waals surface area contributed by atoms with E-state index in [1.807, 2.05) is 6.07 Å². The molecule has 0 N–H and O–H groups in total. The molecule has 2 rings (SSSR count). The molecule has 0 aliphatic carbocycles. The molecule has 0 bridgehead atoms. The van der Waals surface area contributed by atoms with Crippen LogP contribution in [0.1, 0.15) is 13.8 Å². The van der Waals surface area contributed by atoms with Crippen molar-refractivity contribution in [2.45, 2.75) is 18.9 Å². The number of tetrazole rings is 1. The van der Waals surface area contributed by atoms with Crippen molar-refractivity contribution in [2.24, 2.45) is 0 Å². The topological polar surface area (TPSA) is 59.2 Å². The van der Waals surface area contributed by atoms with E-state index >= 15 is 0 Å². The zero-order valence-electron chi connectivity index (χ0n) is 8.62. The third-order valence-electron chi connectivity index (χ3n) is 2.25. The Morgan fingerprint density at radius 2 is 2.13 bits per heavy atom. The van der Waals surface area contributed by atoms with Crippen LogP contribution in [-0.2, 0) is 0 Å². The van der Waals surface area contributed by atoms with Gasteiger partial charge in [0, 0.05) is 13.1 Å². The lowest BCUT2D eigenvalue weighted by Crippen LogP contribution is -2.23. The quantitative estimate of drug-likeness (QED) is 0.776. The molecule has 6 nitrogen and oxygen atoms in total. The SMILES string of the molecule is CCN(CC)c1cc(S)nn2nnnc12. The molecule has 0 aliphatic heterocycles. The van der Waals surface area contributed by atoms with Crippen molar-refractivity contribution in [1.82, 2.24) is 25.3 Å². The van der Waals surface area contributed by atoms with E-state index in [4.69, 9.17) is 0 Å². The molecule has 0 radical (unpaired) electrons. The van der Waals surface area contributed by atoms with Crippen LogP contribution in [-0.4, -0.2) is 38.3 Å². The maximum Gasteiger partial charge on any atom is 0.223 e. The number of aromatic nitrogens is 5. The van der Waals surface area contributed by atoms with Crippen molar-refractivity contribution in [3.05, 3.63) is 6.07 Å². The number of anilines is 1. The van der Waals surface area contributed by atoms with Gasteiger partial charge in [0.05, 0.1) is 5.69 Å². The van der Waals surface area contributed by atoms with Gasteiger partial charge in [-0.05, 0) is 30.3 Å². The molecular formula is C8H12N6S. The standard InChI is InChI=1S/C8H12N6S/c1-3-13(4-2)6-5-7(15)10-14-8(6)9-11-12-14/h5H,3-4H2,1-2H3,(H,10,15). The minimum absolute atomic E-state index is 0.608. The summed E-state index contributed by atoms with van der Waals surface area (Å²) in [6.45, 7) is 5.97. The second-order valence-corrected chi connectivity index (χ2v) is 3.51. The molecule has 0 aliphatic rings. The fourth-order valence-corrected chi connectivity index (χ4v) is 1.72. The highest BCUT2D eigenvalue weighted by Gasteiger charge is 2.12. The van der Waals surface area contributed by atoms with Gasteiger partial charge in [0.1, 0.15) is 5.03 Å². The molecule has 0 amide bonds. The van der Waals surface area contributed by atoms with Crippen LogP contribution < -0.4 is 4.90 Å². The maximum absolute atomic E-state index is 4.22. The van der Waals surface area contributed by atoms with Crippen molar-refractivity contribution in [2.75, 3.05) is 18.0 Å². The van der Waals surface area contributed by atoms with E-state index in [9.17, 15) is 0 Å². The Balaban J connectivity index is 2.61. The Morgan fingerprint density at radius 3 is 2.80 bits per heavy atom. The van der Waals surface area contributed by atoms with Crippen LogP contribution in [0.3, 0.4) is 0 Å². The first-order valence-electron chi connectivity index (χ1n) is 4.79. The smallest absolute Gasteiger partial charge is 0.223 e. The van der Waals surface area contributed by atoms with Crippen molar-refractivity contribution in [1.29, 1.82) is 0 Å². The van der Waals surface area contributed by atoms with Gasteiger partial charge in [-0.25, -0.2) is 0 Å². The summed E-state index contributed by atoms with van der Waals surface area (Å²) in [4.78, 5) is 2.16. The van der Waals surface area contributed by atoms with Crippen LogP contribution in [0.5, 0.6) is 0 Å². The highest BCUT2D eigenvalue weighted by atomic mass is 32.1. The molecule has 2 aromatic rings. The van der Waals surface area contributed by atoms with Crippen molar-refractivity contribution in [3.63, 3.8) is 0 Å². The van der Waals surface area contributed by atoms with E-state index in [0.717, 1.165) is 18.8 Å². The number of hydrogen-bond acceptors (Lipinski definition) is 6. The van der Waals surface area contributed by atoms with Gasteiger partial charge in [-0.15, -0.1) is 27.5 Å². The Labute approximate surface area is 92.7 Å². The average Bonchev–Trinajstić information content (AvgIpc) is 2.67. The summed E-state index contributed by atoms with van der Waals surface area (Å²) in [5, 5.41) is 16.0. The summed E-state index contributed by atoms with van der Waals surface area (Å²) in [6.07, 6.45) is 0. The van der Waals surface area contributed by atoms with Gasteiger partial charge in [-0.3, -0.25) is 0 Å². The molecule has 2 aromatic heterocycles. The number of rotatable bonds is 3. The molecule has 0 aromatic carbocycles. The monoisotopic (exact) mass is 224 g/mol. The van der Waals surface area contributed by atoms with E-state index < -0.39 is 0 Å². The van der Waals surface area contributed by atoms with Gasteiger partial charge < -0.3 is 4.90 Å². The normalized spacial score (nSPS) is 10.9. The van der Waals surface area contributed by atoms with Crippen LogP contribution in [0.2, 0.25) is 0 Å². The minimum Gasteiger partial charge on any atom is -0.369 e. The summed E-state index contributed by atoms with van der Waals surface area (Å²) in [6, 6.07) is 1.88. The van der Waals surface area contributed by atoms with E-state index in [2.05, 4.69) is 52.0 Å². The molecule has 2 heterocycles. The third-order valence-corrected chi connectivity index (χ3v) is 2.47. The fraction of sp³-hybridized carbons (Fsp3) is 0.500. The van der Waals surface area contributed by atoms with Gasteiger partial charge in [0.15, 0.2) is 0 Å². The third kappa shape index (κ3) is 1.74. The summed E-state index contributed by atoms with van der Waals surface area (Å²) in [5.74, 6) is 0. The first-order valence-corrected chi connectivity index (χ1v) is 5.24. The van der Waals surface area contributed by atoms with Gasteiger partial charge in [0.25, 0.3) is 0 Å². The number of nitrogens with zero attached hydrogens (tertiary/aromatic N) is 6. The molecule has 0 fully saturated rings. The zero-order chi connectivity index (χ0) is 10.8. The van der Waals surface area contributed by atoms with Crippen LogP contribution in [0.25, 0.3) is 5.65 Å². The molecule has 0 atom stereocenters. The van der Waals surface area contributed by atoms with Crippen molar-refractivity contribution >= 4 is 24.0 Å². The van der Waals surface area contributed by atoms with E-state index in [-0.39, 0.29) is 0 Å². The lowest BCUT2D eigenvalue weighted by molar-refractivity contribution is 0.700. The molecular weight excluding hydrogens is 212 g/mol. The summed E-state index contributed by atoms with van der Waals surface area (Å²) < 4.78 is 1.40. The van der Waals surface area contributed by atoms with Gasteiger partial charge in [-0.1, -0.05) is 0 Å². The largest absolute Gasteiger partial charge is 0.369 e. The maximum atomic E-state index is 4.22. The Kier molecular flexibility index (Phi) is 2.72. The van der Waals surface area contributed by atoms with Crippen LogP contribution >= 0.6 is 12.6 Å². The van der Waals surface area contributed by atoms with Crippen LogP contribution in [0.4, 0.5) is 5.69 Å². The first-order chi connectivity index (χ1) is 7.26. The fourth-order valence-electron chi connectivity index (χ4n) is 1.51. The molecule has 80 valence electrons. The molecule has 0 saturated heterocycles. The second kappa shape index (κ2) is 4.01. The zero-order valence-corrected chi connectivity index (χ0v) is 9.52. The summed E-state index contributed by atoms with van der Waals surface area (Å²) in [5.41, 5.74) is 1.63. The number of hydrogen-bond donors (Lipinski definition) is 1. The van der Waals surface area contributed by atoms with E-state index in [1.165, 1.54) is 4.63 Å². The molecule has 0 spiro atoms. The Hall–Kier alpha value is -1.37. The van der Waals surface area contributed by atoms with Gasteiger partial charge >= 0.3 is 0 Å². The minimum atomic E-state index is 0.608.